The molecule has 25 heavy (non-hydrogen) atoms. The van der Waals surface area contributed by atoms with Gasteiger partial charge in [-0.15, -0.1) is 10.2 Å². The fourth-order valence-electron chi connectivity index (χ4n) is 2.73. The van der Waals surface area contributed by atoms with E-state index in [1.807, 2.05) is 48.6 Å². The van der Waals surface area contributed by atoms with Crippen LogP contribution in [0.3, 0.4) is 0 Å². The van der Waals surface area contributed by atoms with Gasteiger partial charge in [-0.3, -0.25) is 4.40 Å². The van der Waals surface area contributed by atoms with Gasteiger partial charge in [0.15, 0.2) is 11.5 Å². The Morgan fingerprint density at radius 2 is 1.88 bits per heavy atom. The van der Waals surface area contributed by atoms with E-state index in [0.717, 1.165) is 37.9 Å². The molecule has 0 amide bonds. The van der Waals surface area contributed by atoms with Crippen molar-refractivity contribution in [2.75, 3.05) is 0 Å². The Kier molecular flexibility index (Phi) is 4.73. The maximum Gasteiger partial charge on any atom is 0.183 e. The van der Waals surface area contributed by atoms with Crippen molar-refractivity contribution < 1.29 is 0 Å². The zero-order valence-corrected chi connectivity index (χ0v) is 17.3. The first-order valence-electron chi connectivity index (χ1n) is 8.09. The summed E-state index contributed by atoms with van der Waals surface area (Å²) in [5.74, 6) is 0.717. The van der Waals surface area contributed by atoms with Crippen molar-refractivity contribution in [2.45, 2.75) is 34.6 Å². The van der Waals surface area contributed by atoms with Crippen LogP contribution >= 0.6 is 27.5 Å². The van der Waals surface area contributed by atoms with Gasteiger partial charge >= 0.3 is 0 Å². The highest BCUT2D eigenvalue weighted by molar-refractivity contribution is 9.14. The Morgan fingerprint density at radius 1 is 1.20 bits per heavy atom. The van der Waals surface area contributed by atoms with Crippen LogP contribution in [0.5, 0.6) is 0 Å². The number of halogens is 2. The molecule has 4 nitrogen and oxygen atoms in total. The molecule has 0 N–H and O–H groups in total. The lowest BCUT2D eigenvalue weighted by molar-refractivity contribution is 0.576. The van der Waals surface area contributed by atoms with E-state index in [1.165, 1.54) is 0 Å². The van der Waals surface area contributed by atoms with E-state index in [-0.39, 0.29) is 5.41 Å². The van der Waals surface area contributed by atoms with Crippen LogP contribution in [-0.4, -0.2) is 19.6 Å². The first-order chi connectivity index (χ1) is 11.8. The van der Waals surface area contributed by atoms with Gasteiger partial charge in [0.1, 0.15) is 0 Å². The molecular weight excluding hydrogens is 400 g/mol. The number of hydrogen-bond donors (Lipinski definition) is 0. The van der Waals surface area contributed by atoms with Crippen molar-refractivity contribution in [3.8, 4) is 11.4 Å². The van der Waals surface area contributed by atoms with Gasteiger partial charge in [-0.2, -0.15) is 0 Å². The minimum absolute atomic E-state index is 0.0660. The van der Waals surface area contributed by atoms with Crippen LogP contribution in [-0.2, 0) is 0 Å². The van der Waals surface area contributed by atoms with Crippen molar-refractivity contribution in [2.24, 2.45) is 5.41 Å². The predicted molar refractivity (Wildman–Crippen MR) is 107 cm³/mol. The van der Waals surface area contributed by atoms with Gasteiger partial charge in [0.25, 0.3) is 0 Å². The molecule has 0 fully saturated rings. The van der Waals surface area contributed by atoms with Gasteiger partial charge in [0, 0.05) is 10.0 Å². The number of hydrogen-bond acceptors (Lipinski definition) is 3. The van der Waals surface area contributed by atoms with Crippen molar-refractivity contribution in [1.82, 2.24) is 19.6 Å². The standard InChI is InChI=1S/C19H20BrClN4/c1-6-14-15(16(20)19(3,4)5)22-11(2)17-23-24-18(25(14)17)12-9-7-8-10-13(12)21/h6-10H,1-5H3. The summed E-state index contributed by atoms with van der Waals surface area (Å²) in [5, 5.41) is 11.2. The average molecular weight is 420 g/mol. The van der Waals surface area contributed by atoms with Gasteiger partial charge in [0.2, 0.25) is 0 Å². The zero-order chi connectivity index (χ0) is 18.4. The summed E-state index contributed by atoms with van der Waals surface area (Å²) in [6.45, 7) is 10.4. The van der Waals surface area contributed by atoms with E-state index in [9.17, 15) is 0 Å². The van der Waals surface area contributed by atoms with Crippen LogP contribution in [0.2, 0.25) is 5.02 Å². The van der Waals surface area contributed by atoms with E-state index in [2.05, 4.69) is 46.9 Å². The molecule has 2 heterocycles. The molecule has 1 aromatic carbocycles. The van der Waals surface area contributed by atoms with E-state index in [1.54, 1.807) is 0 Å². The normalized spacial score (nSPS) is 14.3. The molecule has 0 saturated heterocycles. The molecule has 0 aliphatic carbocycles. The minimum atomic E-state index is -0.0660. The summed E-state index contributed by atoms with van der Waals surface area (Å²) < 4.78 is 3.07. The molecule has 0 radical (unpaired) electrons. The molecule has 3 rings (SSSR count). The third kappa shape index (κ3) is 3.11. The monoisotopic (exact) mass is 418 g/mol. The molecule has 0 bridgehead atoms. The third-order valence-corrected chi connectivity index (χ3v) is 5.90. The van der Waals surface area contributed by atoms with Gasteiger partial charge in [-0.25, -0.2) is 4.98 Å². The number of aromatic nitrogens is 4. The van der Waals surface area contributed by atoms with Gasteiger partial charge < -0.3 is 0 Å². The molecule has 0 atom stereocenters. The number of fused-ring (bicyclic) bond motifs is 1. The highest BCUT2D eigenvalue weighted by atomic mass is 79.9. The fraction of sp³-hybridized carbons (Fsp3) is 0.316. The maximum absolute atomic E-state index is 6.40. The van der Waals surface area contributed by atoms with Crippen molar-refractivity contribution >= 4 is 43.7 Å². The molecule has 130 valence electrons. The van der Waals surface area contributed by atoms with E-state index < -0.39 is 0 Å². The number of benzene rings is 1. The first-order valence-corrected chi connectivity index (χ1v) is 9.26. The molecule has 0 spiro atoms. The van der Waals surface area contributed by atoms with E-state index >= 15 is 0 Å². The second-order valence-corrected chi connectivity index (χ2v) is 8.15. The van der Waals surface area contributed by atoms with Gasteiger partial charge in [-0.1, -0.05) is 66.5 Å². The first kappa shape index (κ1) is 18.1. The fourth-order valence-corrected chi connectivity index (χ4v) is 3.24. The lowest BCUT2D eigenvalue weighted by Gasteiger charge is -2.18. The lowest BCUT2D eigenvalue weighted by atomic mass is 9.96. The second-order valence-electron chi connectivity index (χ2n) is 6.95. The van der Waals surface area contributed by atoms with Crippen molar-refractivity contribution in [3.63, 3.8) is 0 Å². The third-order valence-electron chi connectivity index (χ3n) is 4.00. The molecule has 0 saturated carbocycles. The van der Waals surface area contributed by atoms with Crippen molar-refractivity contribution in [1.29, 1.82) is 0 Å². The van der Waals surface area contributed by atoms with Crippen LogP contribution in [0.15, 0.2) is 24.3 Å². The summed E-state index contributed by atoms with van der Waals surface area (Å²) >= 11 is 10.2. The topological polar surface area (TPSA) is 43.1 Å². The van der Waals surface area contributed by atoms with Crippen LogP contribution in [0.25, 0.3) is 27.6 Å². The molecule has 3 aromatic rings. The lowest BCUT2D eigenvalue weighted by Crippen LogP contribution is -2.38. The molecule has 0 aliphatic heterocycles. The summed E-state index contributed by atoms with van der Waals surface area (Å²) in [4.78, 5) is 4.80. The molecule has 0 unspecified atom stereocenters. The summed E-state index contributed by atoms with van der Waals surface area (Å²) in [6.07, 6.45) is 2.03. The highest BCUT2D eigenvalue weighted by Gasteiger charge is 2.20. The predicted octanol–water partition coefficient (Wildman–Crippen LogP) is 4.10. The number of nitrogens with zero attached hydrogens (tertiary/aromatic N) is 4. The Labute approximate surface area is 160 Å². The van der Waals surface area contributed by atoms with E-state index in [4.69, 9.17) is 16.6 Å². The summed E-state index contributed by atoms with van der Waals surface area (Å²) in [7, 11) is 0. The quantitative estimate of drug-likeness (QED) is 0.596. The molecule has 2 aromatic heterocycles. The average Bonchev–Trinajstić information content (AvgIpc) is 2.99. The zero-order valence-electron chi connectivity index (χ0n) is 14.9. The number of aryl methyl sites for hydroxylation is 1. The van der Waals surface area contributed by atoms with Crippen LogP contribution in [0.1, 0.15) is 33.4 Å². The summed E-state index contributed by atoms with van der Waals surface area (Å²) in [6, 6.07) is 7.67. The smallest absolute Gasteiger partial charge is 0.183 e. The molecule has 6 heteroatoms. The van der Waals surface area contributed by atoms with Gasteiger partial charge in [0.05, 0.1) is 21.4 Å². The van der Waals surface area contributed by atoms with Crippen LogP contribution < -0.4 is 10.7 Å². The minimum Gasteiger partial charge on any atom is -0.272 e. The maximum atomic E-state index is 6.40. The SMILES string of the molecule is CC=c1c(=C(Br)C(C)(C)C)nc(C)c2nnc(-c3ccccc3Cl)n12. The Balaban J connectivity index is 2.55. The Hall–Kier alpha value is -1.72. The second kappa shape index (κ2) is 6.54. The van der Waals surface area contributed by atoms with E-state index in [0.29, 0.717) is 5.02 Å². The van der Waals surface area contributed by atoms with Gasteiger partial charge in [-0.05, 0) is 31.4 Å². The Bertz CT molecular complexity index is 1080. The largest absolute Gasteiger partial charge is 0.272 e. The van der Waals surface area contributed by atoms with Crippen LogP contribution in [0.4, 0.5) is 0 Å². The van der Waals surface area contributed by atoms with Crippen molar-refractivity contribution in [3.05, 3.63) is 45.7 Å². The molecule has 0 aliphatic rings. The van der Waals surface area contributed by atoms with Crippen LogP contribution in [0, 0.1) is 12.3 Å². The molecular formula is C19H20BrClN4. The highest BCUT2D eigenvalue weighted by Crippen LogP contribution is 2.30. The summed E-state index contributed by atoms with van der Waals surface area (Å²) in [5.41, 5.74) is 2.35. The number of rotatable bonds is 1. The Morgan fingerprint density at radius 3 is 2.48 bits per heavy atom.